The van der Waals surface area contributed by atoms with E-state index in [9.17, 15) is 4.39 Å². The van der Waals surface area contributed by atoms with Crippen molar-refractivity contribution < 1.29 is 4.39 Å². The molecule has 0 unspecified atom stereocenters. The van der Waals surface area contributed by atoms with Gasteiger partial charge in [0.25, 0.3) is 0 Å². The zero-order valence-corrected chi connectivity index (χ0v) is 17.8. The normalized spacial score (nSPS) is 20.7. The van der Waals surface area contributed by atoms with Crippen molar-refractivity contribution in [3.63, 3.8) is 0 Å². The van der Waals surface area contributed by atoms with Gasteiger partial charge in [-0.25, -0.2) is 9.38 Å². The third-order valence-corrected chi connectivity index (χ3v) is 6.09. The lowest BCUT2D eigenvalue weighted by molar-refractivity contribution is 0.352. The van der Waals surface area contributed by atoms with Gasteiger partial charge >= 0.3 is 0 Å². The first-order valence-corrected chi connectivity index (χ1v) is 10.5. The molecule has 1 aromatic rings. The van der Waals surface area contributed by atoms with Crippen molar-refractivity contribution in [3.05, 3.63) is 45.3 Å². The summed E-state index contributed by atoms with van der Waals surface area (Å²) in [4.78, 5) is 15.1. The van der Waals surface area contributed by atoms with E-state index in [1.54, 1.807) is 6.08 Å². The summed E-state index contributed by atoms with van der Waals surface area (Å²) >= 11 is 12.4. The van der Waals surface area contributed by atoms with Crippen LogP contribution in [-0.2, 0) is 6.54 Å². The van der Waals surface area contributed by atoms with Gasteiger partial charge in [-0.2, -0.15) is 0 Å². The van der Waals surface area contributed by atoms with Gasteiger partial charge in [-0.1, -0.05) is 23.2 Å². The van der Waals surface area contributed by atoms with Crippen LogP contribution in [0.3, 0.4) is 0 Å². The molecule has 0 aromatic heterocycles. The van der Waals surface area contributed by atoms with E-state index in [0.29, 0.717) is 53.5 Å². The van der Waals surface area contributed by atoms with Gasteiger partial charge in [-0.3, -0.25) is 15.4 Å². The minimum atomic E-state index is -0.531. The van der Waals surface area contributed by atoms with Crippen LogP contribution >= 0.6 is 23.2 Å². The molecule has 0 spiro atoms. The Kier molecular flexibility index (Phi) is 6.17. The highest BCUT2D eigenvalue weighted by atomic mass is 35.5. The molecular formula is C20H22Cl2FN7. The van der Waals surface area contributed by atoms with Crippen LogP contribution in [0.1, 0.15) is 12.0 Å². The van der Waals surface area contributed by atoms with Crippen LogP contribution in [0, 0.1) is 17.1 Å². The highest BCUT2D eigenvalue weighted by Gasteiger charge is 2.24. The molecule has 30 heavy (non-hydrogen) atoms. The Bertz CT molecular complexity index is 995. The number of hydrogen-bond donors (Lipinski definition) is 3. The number of nitrogens with two attached hydrogens (primary N) is 1. The number of rotatable bonds is 6. The van der Waals surface area contributed by atoms with Crippen LogP contribution in [-0.4, -0.2) is 60.7 Å². The molecule has 1 fully saturated rings. The van der Waals surface area contributed by atoms with Crippen molar-refractivity contribution in [2.24, 2.45) is 26.6 Å². The Balaban J connectivity index is 1.54. The molecule has 0 radical (unpaired) electrons. The van der Waals surface area contributed by atoms with Gasteiger partial charge in [-0.05, 0) is 43.6 Å². The molecule has 3 aliphatic rings. The summed E-state index contributed by atoms with van der Waals surface area (Å²) in [6.45, 7) is 3.81. The molecule has 7 nitrogen and oxygen atoms in total. The van der Waals surface area contributed by atoms with Crippen LogP contribution in [0.5, 0.6) is 0 Å². The predicted octanol–water partition coefficient (Wildman–Crippen LogP) is 2.67. The largest absolute Gasteiger partial charge is 0.382 e. The Morgan fingerprint density at radius 3 is 2.87 bits per heavy atom. The maximum absolute atomic E-state index is 13.9. The Hall–Kier alpha value is -2.29. The summed E-state index contributed by atoms with van der Waals surface area (Å²) in [7, 11) is 0. The Morgan fingerprint density at radius 1 is 1.33 bits per heavy atom. The van der Waals surface area contributed by atoms with E-state index in [0.717, 1.165) is 25.2 Å². The molecular weight excluding hydrogens is 428 g/mol. The van der Waals surface area contributed by atoms with Crippen molar-refractivity contribution in [1.82, 2.24) is 10.2 Å². The number of halogens is 3. The minimum Gasteiger partial charge on any atom is -0.382 e. The van der Waals surface area contributed by atoms with Crippen LogP contribution < -0.4 is 11.1 Å². The molecule has 0 saturated carbocycles. The zero-order valence-electron chi connectivity index (χ0n) is 16.3. The van der Waals surface area contributed by atoms with Crippen LogP contribution in [0.25, 0.3) is 0 Å². The summed E-state index contributed by atoms with van der Waals surface area (Å²) in [5.74, 6) is 0.767. The molecule has 4 N–H and O–H groups in total. The quantitative estimate of drug-likeness (QED) is 0.459. The zero-order chi connectivity index (χ0) is 21.3. The van der Waals surface area contributed by atoms with Crippen LogP contribution in [0.2, 0.25) is 10.0 Å². The predicted molar refractivity (Wildman–Crippen MR) is 120 cm³/mol. The van der Waals surface area contributed by atoms with Crippen molar-refractivity contribution in [2.75, 3.05) is 32.7 Å². The number of amidine groups is 2. The van der Waals surface area contributed by atoms with Crippen molar-refractivity contribution in [2.45, 2.75) is 13.0 Å². The Morgan fingerprint density at radius 2 is 2.13 bits per heavy atom. The summed E-state index contributed by atoms with van der Waals surface area (Å²) in [6, 6.07) is 2.71. The van der Waals surface area contributed by atoms with E-state index in [1.165, 1.54) is 12.1 Å². The molecule has 0 aliphatic carbocycles. The first-order chi connectivity index (χ1) is 14.4. The third kappa shape index (κ3) is 4.40. The second-order valence-corrected chi connectivity index (χ2v) is 8.28. The highest BCUT2D eigenvalue weighted by molar-refractivity contribution is 6.47. The molecule has 1 aromatic carbocycles. The average molecular weight is 450 g/mol. The van der Waals surface area contributed by atoms with E-state index in [4.69, 9.17) is 34.3 Å². The van der Waals surface area contributed by atoms with Crippen molar-refractivity contribution in [1.29, 1.82) is 5.41 Å². The lowest BCUT2D eigenvalue weighted by Gasteiger charge is -2.30. The summed E-state index contributed by atoms with van der Waals surface area (Å²) in [5, 5.41) is 12.1. The standard InChI is InChI=1S/C20H22Cl2FN7/c21-14-1-2-15(23)18(22)13(14)10-30-4-3-27-19(25)17(30)6-16(24)20-28-9-12(29-20)5-11-7-26-8-11/h1-2,6,11,24,26H,3-5,7-10H2,(H2,25,27)/b17-6+,24-16?. The van der Waals surface area contributed by atoms with E-state index >= 15 is 0 Å². The first-order valence-electron chi connectivity index (χ1n) is 9.72. The topological polar surface area (TPSA) is 102 Å². The average Bonchev–Trinajstić information content (AvgIpc) is 3.16. The smallest absolute Gasteiger partial charge is 0.173 e. The number of nitrogens with one attached hydrogen (secondary N) is 2. The van der Waals surface area contributed by atoms with Gasteiger partial charge in [0.05, 0.1) is 23.8 Å². The first kappa shape index (κ1) is 21.0. The molecule has 0 atom stereocenters. The van der Waals surface area contributed by atoms with Gasteiger partial charge in [0.15, 0.2) is 5.84 Å². The number of nitrogens with zero attached hydrogens (tertiary/aromatic N) is 4. The van der Waals surface area contributed by atoms with Gasteiger partial charge in [0.1, 0.15) is 17.4 Å². The number of aliphatic imine (C=N–C) groups is 3. The van der Waals surface area contributed by atoms with Gasteiger partial charge in [-0.15, -0.1) is 0 Å². The highest BCUT2D eigenvalue weighted by Crippen LogP contribution is 2.30. The lowest BCUT2D eigenvalue weighted by Crippen LogP contribution is -2.43. The van der Waals surface area contributed by atoms with Crippen LogP contribution in [0.15, 0.2) is 38.9 Å². The SMILES string of the molecule is N=C(/C=C1\C(N)=NCCN1Cc1c(Cl)ccc(F)c1Cl)C1=NCC(CC2CNC2)=N1. The molecule has 0 amide bonds. The fraction of sp³-hybridized carbons (Fsp3) is 0.400. The molecule has 10 heteroatoms. The second-order valence-electron chi connectivity index (χ2n) is 7.50. The summed E-state index contributed by atoms with van der Waals surface area (Å²) in [6.07, 6.45) is 2.51. The van der Waals surface area contributed by atoms with Crippen molar-refractivity contribution >= 4 is 46.3 Å². The number of hydrogen-bond acceptors (Lipinski definition) is 7. The Labute approximate surface area is 184 Å². The fourth-order valence-electron chi connectivity index (χ4n) is 3.56. The minimum absolute atomic E-state index is 0.0158. The fourth-order valence-corrected chi connectivity index (χ4v) is 4.05. The summed E-state index contributed by atoms with van der Waals surface area (Å²) < 4.78 is 13.9. The molecule has 4 rings (SSSR count). The molecule has 3 heterocycles. The maximum atomic E-state index is 13.9. The molecule has 0 bridgehead atoms. The number of benzene rings is 1. The summed E-state index contributed by atoms with van der Waals surface area (Å²) in [5.41, 5.74) is 8.30. The van der Waals surface area contributed by atoms with E-state index in [1.807, 2.05) is 4.90 Å². The third-order valence-electron chi connectivity index (χ3n) is 5.33. The van der Waals surface area contributed by atoms with E-state index in [2.05, 4.69) is 20.3 Å². The molecule has 3 aliphatic heterocycles. The van der Waals surface area contributed by atoms with Gasteiger partial charge < -0.3 is 16.0 Å². The van der Waals surface area contributed by atoms with Gasteiger partial charge in [0.2, 0.25) is 0 Å². The van der Waals surface area contributed by atoms with Gasteiger partial charge in [0, 0.05) is 29.4 Å². The molecule has 1 saturated heterocycles. The van der Waals surface area contributed by atoms with E-state index in [-0.39, 0.29) is 17.3 Å². The lowest BCUT2D eigenvalue weighted by atomic mass is 9.96. The molecule has 158 valence electrons. The second kappa shape index (κ2) is 8.83. The monoisotopic (exact) mass is 449 g/mol. The van der Waals surface area contributed by atoms with Crippen molar-refractivity contribution in [3.8, 4) is 0 Å². The van der Waals surface area contributed by atoms with E-state index < -0.39 is 5.82 Å². The van der Waals surface area contributed by atoms with Crippen LogP contribution in [0.4, 0.5) is 4.39 Å². The maximum Gasteiger partial charge on any atom is 0.173 e.